The highest BCUT2D eigenvalue weighted by molar-refractivity contribution is 7.17. The number of Topliss-reactive ketones (excluding diaryl/α,β-unsaturated/α-hetero) is 1. The second-order valence-electron chi connectivity index (χ2n) is 4.35. The Labute approximate surface area is 111 Å². The van der Waals surface area contributed by atoms with Gasteiger partial charge in [-0.25, -0.2) is 4.98 Å². The molecule has 0 radical (unpaired) electrons. The van der Waals surface area contributed by atoms with Gasteiger partial charge >= 0.3 is 0 Å². The Bertz CT molecular complexity index is 562. The second kappa shape index (κ2) is 5.31. The second-order valence-corrected chi connectivity index (χ2v) is 5.35. The molecule has 18 heavy (non-hydrogen) atoms. The van der Waals surface area contributed by atoms with E-state index in [1.165, 1.54) is 22.5 Å². The van der Waals surface area contributed by atoms with Gasteiger partial charge in [-0.3, -0.25) is 4.79 Å². The molecule has 0 atom stereocenters. The molecular weight excluding hydrogens is 244 g/mol. The summed E-state index contributed by atoms with van der Waals surface area (Å²) >= 11 is 1.44. The minimum atomic E-state index is 0.0723. The molecule has 1 aromatic heterocycles. The van der Waals surface area contributed by atoms with Gasteiger partial charge in [0.2, 0.25) is 0 Å². The molecule has 94 valence electrons. The molecule has 1 aromatic carbocycles. The van der Waals surface area contributed by atoms with Crippen molar-refractivity contribution >= 4 is 22.3 Å². The zero-order valence-corrected chi connectivity index (χ0v) is 11.6. The van der Waals surface area contributed by atoms with Crippen molar-refractivity contribution in [3.63, 3.8) is 0 Å². The maximum atomic E-state index is 11.2. The number of carbonyl (C=O) groups is 1. The van der Waals surface area contributed by atoms with Crippen molar-refractivity contribution in [1.82, 2.24) is 4.98 Å². The van der Waals surface area contributed by atoms with Crippen molar-refractivity contribution in [1.29, 1.82) is 0 Å². The minimum absolute atomic E-state index is 0.0723. The highest BCUT2D eigenvalue weighted by Crippen LogP contribution is 2.23. The van der Waals surface area contributed by atoms with Crippen LogP contribution in [0.1, 0.15) is 27.7 Å². The summed E-state index contributed by atoms with van der Waals surface area (Å²) < 4.78 is 0. The fraction of sp³-hybridized carbons (Fsp3) is 0.286. The van der Waals surface area contributed by atoms with Crippen LogP contribution in [0, 0.1) is 6.92 Å². The van der Waals surface area contributed by atoms with E-state index in [1.54, 1.807) is 13.1 Å². The Morgan fingerprint density at radius 2 is 2.11 bits per heavy atom. The molecule has 0 saturated carbocycles. The van der Waals surface area contributed by atoms with Gasteiger partial charge in [0.25, 0.3) is 0 Å². The number of aromatic nitrogens is 1. The van der Waals surface area contributed by atoms with E-state index in [0.29, 0.717) is 4.88 Å². The number of anilines is 1. The first kappa shape index (κ1) is 12.8. The SMILES string of the molecule is CC(=O)c1cnc(N(C)Cc2ccccc2C)s1. The first-order valence-electron chi connectivity index (χ1n) is 5.80. The average molecular weight is 260 g/mol. The highest BCUT2D eigenvalue weighted by atomic mass is 32.1. The van der Waals surface area contributed by atoms with Gasteiger partial charge in [0.05, 0.1) is 11.1 Å². The van der Waals surface area contributed by atoms with E-state index >= 15 is 0 Å². The summed E-state index contributed by atoms with van der Waals surface area (Å²) in [6, 6.07) is 8.30. The van der Waals surface area contributed by atoms with Crippen molar-refractivity contribution in [2.45, 2.75) is 20.4 Å². The van der Waals surface area contributed by atoms with Gasteiger partial charge in [-0.2, -0.15) is 0 Å². The number of aryl methyl sites for hydroxylation is 1. The number of hydrogen-bond donors (Lipinski definition) is 0. The van der Waals surface area contributed by atoms with E-state index in [-0.39, 0.29) is 5.78 Å². The predicted molar refractivity (Wildman–Crippen MR) is 75.4 cm³/mol. The average Bonchev–Trinajstić information content (AvgIpc) is 2.81. The third-order valence-electron chi connectivity index (χ3n) is 2.84. The van der Waals surface area contributed by atoms with Gasteiger partial charge in [-0.15, -0.1) is 0 Å². The summed E-state index contributed by atoms with van der Waals surface area (Å²) in [6.45, 7) is 4.47. The molecule has 3 nitrogen and oxygen atoms in total. The van der Waals surface area contributed by atoms with Gasteiger partial charge in [0.1, 0.15) is 0 Å². The zero-order valence-electron chi connectivity index (χ0n) is 10.8. The van der Waals surface area contributed by atoms with E-state index in [2.05, 4.69) is 28.9 Å². The monoisotopic (exact) mass is 260 g/mol. The van der Waals surface area contributed by atoms with Gasteiger partial charge in [0.15, 0.2) is 10.9 Å². The van der Waals surface area contributed by atoms with Crippen LogP contribution < -0.4 is 4.90 Å². The third-order valence-corrected chi connectivity index (χ3v) is 4.05. The number of nitrogens with zero attached hydrogens (tertiary/aromatic N) is 2. The number of benzene rings is 1. The molecule has 1 heterocycles. The number of thiazole rings is 1. The Balaban J connectivity index is 2.14. The zero-order chi connectivity index (χ0) is 13.1. The molecule has 2 rings (SSSR count). The molecule has 0 aliphatic rings. The fourth-order valence-corrected chi connectivity index (χ4v) is 2.49. The molecular formula is C14H16N2OS. The smallest absolute Gasteiger partial charge is 0.185 e. The Hall–Kier alpha value is -1.68. The van der Waals surface area contributed by atoms with Crippen LogP contribution in [0.5, 0.6) is 0 Å². The van der Waals surface area contributed by atoms with Crippen molar-refractivity contribution < 1.29 is 4.79 Å². The summed E-state index contributed by atoms with van der Waals surface area (Å²) in [5.41, 5.74) is 2.55. The summed E-state index contributed by atoms with van der Waals surface area (Å²) in [5, 5.41) is 0.878. The van der Waals surface area contributed by atoms with E-state index in [9.17, 15) is 4.79 Å². The molecule has 0 amide bonds. The maximum absolute atomic E-state index is 11.2. The quantitative estimate of drug-likeness (QED) is 0.791. The van der Waals surface area contributed by atoms with Gasteiger partial charge in [0, 0.05) is 20.5 Å². The fourth-order valence-electron chi connectivity index (χ4n) is 1.71. The van der Waals surface area contributed by atoms with E-state index in [1.807, 2.05) is 19.2 Å². The lowest BCUT2D eigenvalue weighted by Gasteiger charge is -2.17. The molecule has 0 bridgehead atoms. The van der Waals surface area contributed by atoms with Gasteiger partial charge in [-0.1, -0.05) is 35.6 Å². The maximum Gasteiger partial charge on any atom is 0.185 e. The van der Waals surface area contributed by atoms with Crippen molar-refractivity contribution in [2.75, 3.05) is 11.9 Å². The van der Waals surface area contributed by atoms with Crippen LogP contribution in [0.25, 0.3) is 0 Å². The van der Waals surface area contributed by atoms with Crippen LogP contribution in [-0.4, -0.2) is 17.8 Å². The molecule has 2 aromatic rings. The normalized spacial score (nSPS) is 10.4. The van der Waals surface area contributed by atoms with Crippen LogP contribution >= 0.6 is 11.3 Å². The lowest BCUT2D eigenvalue weighted by molar-refractivity contribution is 0.102. The van der Waals surface area contributed by atoms with Gasteiger partial charge < -0.3 is 4.90 Å². The molecule has 0 fully saturated rings. The van der Waals surface area contributed by atoms with Crippen LogP contribution in [0.15, 0.2) is 30.5 Å². The Morgan fingerprint density at radius 3 is 2.72 bits per heavy atom. The molecule has 4 heteroatoms. The lowest BCUT2D eigenvalue weighted by atomic mass is 10.1. The van der Waals surface area contributed by atoms with Crippen LogP contribution in [0.3, 0.4) is 0 Å². The van der Waals surface area contributed by atoms with Gasteiger partial charge in [-0.05, 0) is 18.1 Å². The molecule has 0 aliphatic heterocycles. The van der Waals surface area contributed by atoms with Crippen LogP contribution in [0.2, 0.25) is 0 Å². The Morgan fingerprint density at radius 1 is 1.39 bits per heavy atom. The Kier molecular flexibility index (Phi) is 3.77. The van der Waals surface area contributed by atoms with Crippen molar-refractivity contribution in [3.05, 3.63) is 46.5 Å². The topological polar surface area (TPSA) is 33.2 Å². The van der Waals surface area contributed by atoms with Crippen molar-refractivity contribution in [3.8, 4) is 0 Å². The molecule has 0 saturated heterocycles. The summed E-state index contributed by atoms with van der Waals surface area (Å²) in [5.74, 6) is 0.0723. The number of hydrogen-bond acceptors (Lipinski definition) is 4. The van der Waals surface area contributed by atoms with Crippen LogP contribution in [-0.2, 0) is 6.54 Å². The minimum Gasteiger partial charge on any atom is -0.347 e. The predicted octanol–water partition coefficient (Wildman–Crippen LogP) is 3.29. The molecule has 0 spiro atoms. The van der Waals surface area contributed by atoms with E-state index in [4.69, 9.17) is 0 Å². The van der Waals surface area contributed by atoms with E-state index < -0.39 is 0 Å². The molecule has 0 aliphatic carbocycles. The first-order chi connectivity index (χ1) is 8.58. The third kappa shape index (κ3) is 2.76. The number of carbonyl (C=O) groups excluding carboxylic acids is 1. The highest BCUT2D eigenvalue weighted by Gasteiger charge is 2.10. The summed E-state index contributed by atoms with van der Waals surface area (Å²) in [7, 11) is 2.00. The summed E-state index contributed by atoms with van der Waals surface area (Å²) in [6.07, 6.45) is 1.65. The summed E-state index contributed by atoms with van der Waals surface area (Å²) in [4.78, 5) is 18.3. The number of rotatable bonds is 4. The molecule has 0 N–H and O–H groups in total. The van der Waals surface area contributed by atoms with Crippen molar-refractivity contribution in [2.24, 2.45) is 0 Å². The largest absolute Gasteiger partial charge is 0.347 e. The van der Waals surface area contributed by atoms with Crippen LogP contribution in [0.4, 0.5) is 5.13 Å². The standard InChI is InChI=1S/C14H16N2OS/c1-10-6-4-5-7-12(10)9-16(3)14-15-8-13(18-14)11(2)17/h4-8H,9H2,1-3H3. The van der Waals surface area contributed by atoms with E-state index in [0.717, 1.165) is 11.7 Å². The lowest BCUT2D eigenvalue weighted by Crippen LogP contribution is -2.16. The first-order valence-corrected chi connectivity index (χ1v) is 6.62. The number of ketones is 1. The molecule has 0 unspecified atom stereocenters.